The van der Waals surface area contributed by atoms with E-state index in [9.17, 15) is 4.79 Å². The normalized spacial score (nSPS) is 22.1. The molecule has 130 valence electrons. The van der Waals surface area contributed by atoms with Gasteiger partial charge in [0.15, 0.2) is 5.78 Å². The number of hydrogen-bond acceptors (Lipinski definition) is 6. The molecule has 0 unspecified atom stereocenters. The molecule has 0 bridgehead atoms. The Bertz CT molecular complexity index is 871. The lowest BCUT2D eigenvalue weighted by Gasteiger charge is -2.34. The van der Waals surface area contributed by atoms with Crippen molar-refractivity contribution >= 4 is 11.7 Å². The predicted molar refractivity (Wildman–Crippen MR) is 91.8 cm³/mol. The summed E-state index contributed by atoms with van der Waals surface area (Å²) >= 11 is 0. The molecular formula is C18H20N4O3. The minimum atomic E-state index is -0.352. The van der Waals surface area contributed by atoms with Gasteiger partial charge in [0.1, 0.15) is 23.9 Å². The molecule has 2 aliphatic rings. The third-order valence-corrected chi connectivity index (χ3v) is 4.80. The Hall–Kier alpha value is -2.83. The number of carbonyl (C=O) groups excluding carboxylic acids is 1. The van der Waals surface area contributed by atoms with E-state index >= 15 is 0 Å². The van der Waals surface area contributed by atoms with Crippen LogP contribution in [0, 0.1) is 5.92 Å². The molecular weight excluding hydrogens is 320 g/mol. The zero-order chi connectivity index (χ0) is 17.6. The maximum atomic E-state index is 12.9. The topological polar surface area (TPSA) is 78.3 Å². The number of nitrogens with one attached hydrogen (secondary N) is 1. The van der Waals surface area contributed by atoms with Gasteiger partial charge in [0, 0.05) is 29.3 Å². The minimum absolute atomic E-state index is 0.144. The van der Waals surface area contributed by atoms with Gasteiger partial charge in [-0.2, -0.15) is 10.1 Å². The summed E-state index contributed by atoms with van der Waals surface area (Å²) in [7, 11) is 3.23. The third-order valence-electron chi connectivity index (χ3n) is 4.80. The second kappa shape index (κ2) is 5.91. The Balaban J connectivity index is 1.91. The number of nitrogens with zero attached hydrogens (tertiary/aromatic N) is 3. The lowest BCUT2D eigenvalue weighted by Crippen LogP contribution is -2.33. The highest BCUT2D eigenvalue weighted by atomic mass is 16.5. The van der Waals surface area contributed by atoms with Crippen molar-refractivity contribution in [3.8, 4) is 11.5 Å². The zero-order valence-electron chi connectivity index (χ0n) is 14.4. The fourth-order valence-corrected chi connectivity index (χ4v) is 3.68. The highest BCUT2D eigenvalue weighted by molar-refractivity contribution is 5.99. The van der Waals surface area contributed by atoms with Crippen LogP contribution in [0.25, 0.3) is 0 Å². The van der Waals surface area contributed by atoms with E-state index in [0.717, 1.165) is 23.3 Å². The van der Waals surface area contributed by atoms with Crippen LogP contribution in [-0.2, 0) is 4.79 Å². The molecule has 0 radical (unpaired) electrons. The van der Waals surface area contributed by atoms with Gasteiger partial charge in [-0.25, -0.2) is 4.68 Å². The molecule has 2 aromatic rings. The van der Waals surface area contributed by atoms with Crippen molar-refractivity contribution in [2.45, 2.75) is 25.8 Å². The fourth-order valence-electron chi connectivity index (χ4n) is 3.68. The maximum absolute atomic E-state index is 12.9. The van der Waals surface area contributed by atoms with Crippen LogP contribution in [-0.4, -0.2) is 34.8 Å². The minimum Gasteiger partial charge on any atom is -0.497 e. The van der Waals surface area contributed by atoms with Crippen molar-refractivity contribution in [2.24, 2.45) is 5.92 Å². The Morgan fingerprint density at radius 2 is 2.08 bits per heavy atom. The molecule has 2 atom stereocenters. The van der Waals surface area contributed by atoms with Crippen LogP contribution in [0.15, 0.2) is 35.8 Å². The van der Waals surface area contributed by atoms with Gasteiger partial charge in [0.05, 0.1) is 14.2 Å². The van der Waals surface area contributed by atoms with Crippen molar-refractivity contribution in [2.75, 3.05) is 19.5 Å². The monoisotopic (exact) mass is 340 g/mol. The third kappa shape index (κ3) is 2.47. The molecule has 0 fully saturated rings. The summed E-state index contributed by atoms with van der Waals surface area (Å²) in [6.07, 6.45) is 2.86. The summed E-state index contributed by atoms with van der Waals surface area (Å²) in [6, 6.07) is 5.26. The number of allylic oxidation sites excluding steroid dienone is 2. The molecule has 1 aliphatic carbocycles. The number of aromatic nitrogens is 3. The van der Waals surface area contributed by atoms with Crippen molar-refractivity contribution in [3.05, 3.63) is 41.4 Å². The van der Waals surface area contributed by atoms with Crippen LogP contribution in [0.3, 0.4) is 0 Å². The van der Waals surface area contributed by atoms with Gasteiger partial charge in [-0.15, -0.1) is 0 Å². The standard InChI is InChI=1S/C18H20N4O3/c1-10-6-13-16(14(23)7-10)17(22-18(21-13)19-9-20-22)12-5-4-11(24-2)8-15(12)25-3/h4-5,8-10,17H,6-7H2,1-3H3,(H,19,20,21)/t10-,17+/m0/s1. The molecule has 1 aromatic heterocycles. The number of ketones is 1. The van der Waals surface area contributed by atoms with Crippen molar-refractivity contribution in [1.82, 2.24) is 14.8 Å². The summed E-state index contributed by atoms with van der Waals surface area (Å²) in [6.45, 7) is 2.09. The first-order valence-electron chi connectivity index (χ1n) is 8.27. The van der Waals surface area contributed by atoms with Gasteiger partial charge in [-0.05, 0) is 24.5 Å². The van der Waals surface area contributed by atoms with Gasteiger partial charge in [-0.1, -0.05) is 6.92 Å². The van der Waals surface area contributed by atoms with E-state index in [-0.39, 0.29) is 11.8 Å². The second-order valence-electron chi connectivity index (χ2n) is 6.49. The summed E-state index contributed by atoms with van der Waals surface area (Å²) in [5, 5.41) is 7.63. The van der Waals surface area contributed by atoms with E-state index in [0.29, 0.717) is 29.8 Å². The molecule has 0 saturated heterocycles. The molecule has 0 amide bonds. The van der Waals surface area contributed by atoms with E-state index in [2.05, 4.69) is 22.3 Å². The highest BCUT2D eigenvalue weighted by Crippen LogP contribution is 2.44. The Kier molecular flexibility index (Phi) is 3.71. The van der Waals surface area contributed by atoms with Gasteiger partial charge in [0.2, 0.25) is 5.95 Å². The Labute approximate surface area is 145 Å². The molecule has 25 heavy (non-hydrogen) atoms. The quantitative estimate of drug-likeness (QED) is 0.925. The number of ether oxygens (including phenoxy) is 2. The number of benzene rings is 1. The van der Waals surface area contributed by atoms with Gasteiger partial charge < -0.3 is 14.8 Å². The lowest BCUT2D eigenvalue weighted by molar-refractivity contribution is -0.117. The second-order valence-corrected chi connectivity index (χ2v) is 6.49. The zero-order valence-corrected chi connectivity index (χ0v) is 14.4. The number of hydrogen-bond donors (Lipinski definition) is 1. The van der Waals surface area contributed by atoms with Gasteiger partial charge in [-0.3, -0.25) is 4.79 Å². The first-order chi connectivity index (χ1) is 12.1. The molecule has 7 nitrogen and oxygen atoms in total. The van der Waals surface area contributed by atoms with Crippen molar-refractivity contribution in [3.63, 3.8) is 0 Å². The molecule has 7 heteroatoms. The fraction of sp³-hybridized carbons (Fsp3) is 0.389. The van der Waals surface area contributed by atoms with Crippen LogP contribution in [0.1, 0.15) is 31.4 Å². The van der Waals surface area contributed by atoms with Crippen LogP contribution in [0.2, 0.25) is 0 Å². The van der Waals surface area contributed by atoms with Gasteiger partial charge >= 0.3 is 0 Å². The van der Waals surface area contributed by atoms with Crippen molar-refractivity contribution < 1.29 is 14.3 Å². The van der Waals surface area contributed by atoms with E-state index in [1.54, 1.807) is 18.9 Å². The molecule has 1 N–H and O–H groups in total. The summed E-state index contributed by atoms with van der Waals surface area (Å²) in [4.78, 5) is 17.1. The number of carbonyl (C=O) groups is 1. The Morgan fingerprint density at radius 1 is 1.24 bits per heavy atom. The molecule has 2 heterocycles. The summed E-state index contributed by atoms with van der Waals surface area (Å²) in [5.41, 5.74) is 2.55. The van der Waals surface area contributed by atoms with E-state index in [1.165, 1.54) is 6.33 Å². The van der Waals surface area contributed by atoms with Crippen LogP contribution >= 0.6 is 0 Å². The predicted octanol–water partition coefficient (Wildman–Crippen LogP) is 2.56. The van der Waals surface area contributed by atoms with E-state index in [1.807, 2.05) is 18.2 Å². The first-order valence-corrected chi connectivity index (χ1v) is 8.27. The largest absolute Gasteiger partial charge is 0.497 e. The van der Waals surface area contributed by atoms with Crippen molar-refractivity contribution in [1.29, 1.82) is 0 Å². The smallest absolute Gasteiger partial charge is 0.226 e. The number of anilines is 1. The van der Waals surface area contributed by atoms with E-state index in [4.69, 9.17) is 9.47 Å². The lowest BCUT2D eigenvalue weighted by atomic mass is 9.81. The SMILES string of the molecule is COc1ccc([C@@H]2C3=C(C[C@H](C)CC3=O)Nc3ncnn32)c(OC)c1. The number of Topliss-reactive ketones (excluding diaryl/α,β-unsaturated/α-hetero) is 1. The molecule has 1 aliphatic heterocycles. The highest BCUT2D eigenvalue weighted by Gasteiger charge is 2.39. The average molecular weight is 340 g/mol. The summed E-state index contributed by atoms with van der Waals surface area (Å²) in [5.74, 6) is 2.46. The number of fused-ring (bicyclic) bond motifs is 1. The van der Waals surface area contributed by atoms with E-state index < -0.39 is 0 Å². The maximum Gasteiger partial charge on any atom is 0.226 e. The van der Waals surface area contributed by atoms with Crippen LogP contribution in [0.4, 0.5) is 5.95 Å². The average Bonchev–Trinajstić information content (AvgIpc) is 3.07. The number of methoxy groups -OCH3 is 2. The molecule has 4 rings (SSSR count). The van der Waals surface area contributed by atoms with Gasteiger partial charge in [0.25, 0.3) is 0 Å². The molecule has 1 aromatic carbocycles. The number of rotatable bonds is 3. The van der Waals surface area contributed by atoms with Crippen LogP contribution in [0.5, 0.6) is 11.5 Å². The Morgan fingerprint density at radius 3 is 2.84 bits per heavy atom. The first kappa shape index (κ1) is 15.7. The molecule has 0 spiro atoms. The van der Waals surface area contributed by atoms with Crippen LogP contribution < -0.4 is 14.8 Å². The summed E-state index contributed by atoms with van der Waals surface area (Å²) < 4.78 is 12.6. The molecule has 0 saturated carbocycles.